The van der Waals surface area contributed by atoms with Gasteiger partial charge in [-0.2, -0.15) is 0 Å². The summed E-state index contributed by atoms with van der Waals surface area (Å²) in [6.07, 6.45) is 0.862. The summed E-state index contributed by atoms with van der Waals surface area (Å²) in [7, 11) is 1.39. The van der Waals surface area contributed by atoms with Crippen molar-refractivity contribution in [1.82, 2.24) is 0 Å². The molecule has 1 unspecified atom stereocenters. The van der Waals surface area contributed by atoms with E-state index in [4.69, 9.17) is 14.2 Å². The lowest BCUT2D eigenvalue weighted by atomic mass is 9.96. The number of aldehydes is 1. The molecule has 174 valence electrons. The van der Waals surface area contributed by atoms with E-state index in [2.05, 4.69) is 13.8 Å². The number of methoxy groups -OCH3 is 1. The first-order chi connectivity index (χ1) is 15.1. The van der Waals surface area contributed by atoms with E-state index in [-0.39, 0.29) is 40.2 Å². The molecule has 0 spiro atoms. The van der Waals surface area contributed by atoms with Gasteiger partial charge in [-0.05, 0) is 55.0 Å². The quantitative estimate of drug-likeness (QED) is 0.424. The van der Waals surface area contributed by atoms with Crippen LogP contribution in [-0.4, -0.2) is 36.2 Å². The van der Waals surface area contributed by atoms with Crippen molar-refractivity contribution in [3.8, 4) is 23.0 Å². The first-order valence-electron chi connectivity index (χ1n) is 10.6. The molecule has 2 aromatic carbocycles. The Morgan fingerprint density at radius 3 is 2.31 bits per heavy atom. The fourth-order valence-corrected chi connectivity index (χ4v) is 3.45. The molecular weight excluding hydrogens is 412 g/mol. The Morgan fingerprint density at radius 1 is 1.09 bits per heavy atom. The van der Waals surface area contributed by atoms with Crippen LogP contribution in [0.3, 0.4) is 0 Å². The maximum Gasteiger partial charge on any atom is 0.343 e. The SMILES string of the molecule is COc1c(C(CC(C)C)OCC(C)C)ccc(Oc2c(O)cc(C)cc2C=O)c1C(=O)O. The summed E-state index contributed by atoms with van der Waals surface area (Å²) in [5, 5.41) is 20.3. The highest BCUT2D eigenvalue weighted by atomic mass is 16.5. The molecule has 2 aromatic rings. The normalized spacial score (nSPS) is 12.1. The number of aryl methyl sites for hydroxylation is 1. The van der Waals surface area contributed by atoms with Crippen LogP contribution in [-0.2, 0) is 4.74 Å². The van der Waals surface area contributed by atoms with E-state index in [1.807, 2.05) is 13.8 Å². The summed E-state index contributed by atoms with van der Waals surface area (Å²) in [5.74, 6) is -0.937. The minimum Gasteiger partial charge on any atom is -0.504 e. The zero-order valence-electron chi connectivity index (χ0n) is 19.5. The van der Waals surface area contributed by atoms with Crippen molar-refractivity contribution in [2.24, 2.45) is 11.8 Å². The summed E-state index contributed by atoms with van der Waals surface area (Å²) in [6, 6.07) is 6.19. The summed E-state index contributed by atoms with van der Waals surface area (Å²) in [4.78, 5) is 23.7. The number of carboxylic acid groups (broad SMARTS) is 1. The van der Waals surface area contributed by atoms with E-state index in [1.165, 1.54) is 19.2 Å². The lowest BCUT2D eigenvalue weighted by molar-refractivity contribution is 0.0206. The first kappa shape index (κ1) is 25.2. The predicted octanol–water partition coefficient (Wildman–Crippen LogP) is 5.77. The van der Waals surface area contributed by atoms with Gasteiger partial charge in [-0.15, -0.1) is 0 Å². The van der Waals surface area contributed by atoms with Crippen LogP contribution in [0.2, 0.25) is 0 Å². The minimum absolute atomic E-state index is 0.0486. The molecule has 0 aliphatic rings. The Bertz CT molecular complexity index is 963. The van der Waals surface area contributed by atoms with Crippen molar-refractivity contribution in [3.05, 3.63) is 46.5 Å². The number of ether oxygens (including phenoxy) is 3. The van der Waals surface area contributed by atoms with Gasteiger partial charge in [0, 0.05) is 12.2 Å². The highest BCUT2D eigenvalue weighted by Crippen LogP contribution is 2.42. The van der Waals surface area contributed by atoms with Crippen LogP contribution < -0.4 is 9.47 Å². The molecule has 0 aliphatic carbocycles. The molecule has 0 aliphatic heterocycles. The maximum absolute atomic E-state index is 12.2. The Morgan fingerprint density at radius 2 is 1.78 bits per heavy atom. The fourth-order valence-electron chi connectivity index (χ4n) is 3.45. The molecule has 0 heterocycles. The van der Waals surface area contributed by atoms with E-state index >= 15 is 0 Å². The van der Waals surface area contributed by atoms with Gasteiger partial charge >= 0.3 is 5.97 Å². The van der Waals surface area contributed by atoms with Gasteiger partial charge in [-0.25, -0.2) is 4.79 Å². The number of carboxylic acids is 1. The van der Waals surface area contributed by atoms with Crippen molar-refractivity contribution in [3.63, 3.8) is 0 Å². The summed E-state index contributed by atoms with van der Waals surface area (Å²) in [6.45, 7) is 10.5. The molecule has 0 saturated carbocycles. The number of aromatic carboxylic acids is 1. The smallest absolute Gasteiger partial charge is 0.343 e. The lowest BCUT2D eigenvalue weighted by Crippen LogP contribution is -2.15. The molecule has 2 rings (SSSR count). The van der Waals surface area contributed by atoms with Crippen molar-refractivity contribution >= 4 is 12.3 Å². The van der Waals surface area contributed by atoms with Crippen molar-refractivity contribution < 1.29 is 34.0 Å². The third-order valence-electron chi connectivity index (χ3n) is 4.81. The molecule has 0 aromatic heterocycles. The Hall–Kier alpha value is -3.06. The van der Waals surface area contributed by atoms with Crippen molar-refractivity contribution in [1.29, 1.82) is 0 Å². The van der Waals surface area contributed by atoms with E-state index in [9.17, 15) is 19.8 Å². The third-order valence-corrected chi connectivity index (χ3v) is 4.81. The largest absolute Gasteiger partial charge is 0.504 e. The highest BCUT2D eigenvalue weighted by Gasteiger charge is 2.28. The topological polar surface area (TPSA) is 102 Å². The fraction of sp³-hybridized carbons (Fsp3) is 0.440. The lowest BCUT2D eigenvalue weighted by Gasteiger charge is -2.25. The second-order valence-electron chi connectivity index (χ2n) is 8.63. The third kappa shape index (κ3) is 6.01. The predicted molar refractivity (Wildman–Crippen MR) is 121 cm³/mol. The molecule has 0 fully saturated rings. The van der Waals surface area contributed by atoms with Crippen LogP contribution in [0.1, 0.15) is 72.1 Å². The summed E-state index contributed by atoms with van der Waals surface area (Å²) in [5.41, 5.74) is 1.18. The molecule has 2 N–H and O–H groups in total. The van der Waals surface area contributed by atoms with E-state index in [1.54, 1.807) is 19.1 Å². The second-order valence-corrected chi connectivity index (χ2v) is 8.63. The molecule has 7 nitrogen and oxygen atoms in total. The molecule has 7 heteroatoms. The second kappa shape index (κ2) is 11.0. The number of phenolic OH excluding ortho intramolecular Hbond substituents is 1. The summed E-state index contributed by atoms with van der Waals surface area (Å²) >= 11 is 0. The number of hydrogen-bond acceptors (Lipinski definition) is 6. The van der Waals surface area contributed by atoms with Gasteiger partial charge < -0.3 is 24.4 Å². The average molecular weight is 445 g/mol. The highest BCUT2D eigenvalue weighted by molar-refractivity contribution is 5.95. The van der Waals surface area contributed by atoms with Gasteiger partial charge in [-0.1, -0.05) is 27.7 Å². The van der Waals surface area contributed by atoms with Crippen LogP contribution in [0.15, 0.2) is 24.3 Å². The van der Waals surface area contributed by atoms with E-state index in [0.717, 1.165) is 0 Å². The van der Waals surface area contributed by atoms with Crippen LogP contribution >= 0.6 is 0 Å². The van der Waals surface area contributed by atoms with Crippen LogP contribution in [0.4, 0.5) is 0 Å². The molecule has 32 heavy (non-hydrogen) atoms. The standard InChI is InChI=1S/C25H32O7/c1-14(2)9-21(31-13-15(3)4)18-7-8-20(22(25(28)29)24(18)30-6)32-23-17(12-26)10-16(5)11-19(23)27/h7-8,10-12,14-15,21,27H,9,13H2,1-6H3,(H,28,29). The molecular formula is C25H32O7. The number of benzene rings is 2. The Labute approximate surface area is 188 Å². The van der Waals surface area contributed by atoms with Crippen LogP contribution in [0, 0.1) is 18.8 Å². The molecule has 0 saturated heterocycles. The molecule has 0 amide bonds. The van der Waals surface area contributed by atoms with Gasteiger partial charge in [0.2, 0.25) is 0 Å². The number of hydrogen-bond donors (Lipinski definition) is 2. The van der Waals surface area contributed by atoms with Gasteiger partial charge in [0.15, 0.2) is 17.8 Å². The van der Waals surface area contributed by atoms with Gasteiger partial charge in [0.1, 0.15) is 17.1 Å². The summed E-state index contributed by atoms with van der Waals surface area (Å²) < 4.78 is 17.4. The number of carbonyl (C=O) groups excluding carboxylic acids is 1. The zero-order chi connectivity index (χ0) is 24.0. The number of carbonyl (C=O) groups is 2. The van der Waals surface area contributed by atoms with Gasteiger partial charge in [0.25, 0.3) is 0 Å². The number of aromatic hydroxyl groups is 1. The van der Waals surface area contributed by atoms with Crippen LogP contribution in [0.5, 0.6) is 23.0 Å². The first-order valence-corrected chi connectivity index (χ1v) is 10.6. The Balaban J connectivity index is 2.61. The molecule has 1 atom stereocenters. The van der Waals surface area contributed by atoms with E-state index < -0.39 is 5.97 Å². The van der Waals surface area contributed by atoms with Crippen LogP contribution in [0.25, 0.3) is 0 Å². The number of rotatable bonds is 11. The van der Waals surface area contributed by atoms with Crippen molar-refractivity contribution in [2.45, 2.75) is 47.1 Å². The zero-order valence-corrected chi connectivity index (χ0v) is 19.5. The Kier molecular flexibility index (Phi) is 8.66. The van der Waals surface area contributed by atoms with Gasteiger partial charge in [0.05, 0.1) is 18.8 Å². The maximum atomic E-state index is 12.2. The average Bonchev–Trinajstić information content (AvgIpc) is 2.71. The monoisotopic (exact) mass is 444 g/mol. The minimum atomic E-state index is -1.26. The van der Waals surface area contributed by atoms with E-state index in [0.29, 0.717) is 42.3 Å². The molecule has 0 bridgehead atoms. The molecule has 0 radical (unpaired) electrons. The van der Waals surface area contributed by atoms with Gasteiger partial charge in [-0.3, -0.25) is 4.79 Å². The van der Waals surface area contributed by atoms with Crippen molar-refractivity contribution in [2.75, 3.05) is 13.7 Å². The number of phenols is 1.